The molecule has 1 aliphatic rings. The highest BCUT2D eigenvalue weighted by Crippen LogP contribution is 2.25. The fraction of sp³-hybridized carbons (Fsp3) is 0.562. The third kappa shape index (κ3) is 3.27. The van der Waals surface area contributed by atoms with Crippen molar-refractivity contribution in [3.8, 4) is 0 Å². The van der Waals surface area contributed by atoms with Crippen molar-refractivity contribution in [1.29, 1.82) is 0 Å². The van der Waals surface area contributed by atoms with Crippen LogP contribution in [0.1, 0.15) is 41.5 Å². The highest BCUT2D eigenvalue weighted by molar-refractivity contribution is 6.29. The Morgan fingerprint density at radius 1 is 1.43 bits per heavy atom. The highest BCUT2D eigenvalue weighted by Gasteiger charge is 2.27. The topological polar surface area (TPSA) is 64.2 Å². The fourth-order valence-corrected chi connectivity index (χ4v) is 3.46. The SMILES string of the molecule is Cc1cc(C)n([C@@H]2CCCN(C(=O)Cc3c(C)noc3Cl)C2)n1. The van der Waals surface area contributed by atoms with Crippen LogP contribution in [0.15, 0.2) is 10.6 Å². The predicted molar refractivity (Wildman–Crippen MR) is 86.5 cm³/mol. The van der Waals surface area contributed by atoms with E-state index >= 15 is 0 Å². The first-order chi connectivity index (χ1) is 11.0. The summed E-state index contributed by atoms with van der Waals surface area (Å²) in [6.45, 7) is 7.30. The molecule has 0 aliphatic carbocycles. The van der Waals surface area contributed by atoms with Gasteiger partial charge in [0.2, 0.25) is 11.1 Å². The number of likely N-dealkylation sites (tertiary alicyclic amines) is 1. The number of rotatable bonds is 3. The number of carbonyl (C=O) groups is 1. The van der Waals surface area contributed by atoms with Gasteiger partial charge in [-0.2, -0.15) is 5.10 Å². The quantitative estimate of drug-likeness (QED) is 0.864. The monoisotopic (exact) mass is 336 g/mol. The molecule has 0 saturated carbocycles. The summed E-state index contributed by atoms with van der Waals surface area (Å²) in [4.78, 5) is 14.5. The Hall–Kier alpha value is -1.82. The van der Waals surface area contributed by atoms with Crippen molar-refractivity contribution in [2.24, 2.45) is 0 Å². The number of aryl methyl sites for hydroxylation is 3. The molecule has 23 heavy (non-hydrogen) atoms. The first kappa shape index (κ1) is 16.1. The van der Waals surface area contributed by atoms with E-state index in [1.165, 1.54) is 0 Å². The molecular weight excluding hydrogens is 316 g/mol. The molecule has 2 aromatic rings. The van der Waals surface area contributed by atoms with E-state index in [4.69, 9.17) is 16.1 Å². The molecule has 124 valence electrons. The third-order valence-corrected chi connectivity index (χ3v) is 4.70. The van der Waals surface area contributed by atoms with Gasteiger partial charge in [0.1, 0.15) is 0 Å². The second kappa shape index (κ2) is 6.35. The molecule has 0 bridgehead atoms. The summed E-state index contributed by atoms with van der Waals surface area (Å²) in [5, 5.41) is 8.57. The van der Waals surface area contributed by atoms with E-state index in [1.807, 2.05) is 16.5 Å². The molecule has 3 heterocycles. The van der Waals surface area contributed by atoms with Crippen LogP contribution in [0.25, 0.3) is 0 Å². The van der Waals surface area contributed by atoms with E-state index in [0.29, 0.717) is 17.8 Å². The van der Waals surface area contributed by atoms with Crippen LogP contribution in [-0.4, -0.2) is 38.8 Å². The lowest BCUT2D eigenvalue weighted by molar-refractivity contribution is -0.132. The fourth-order valence-electron chi connectivity index (χ4n) is 3.22. The van der Waals surface area contributed by atoms with Crippen molar-refractivity contribution in [2.75, 3.05) is 13.1 Å². The molecule has 0 radical (unpaired) electrons. The average molecular weight is 337 g/mol. The molecular formula is C16H21ClN4O2. The van der Waals surface area contributed by atoms with Gasteiger partial charge in [0.15, 0.2) is 0 Å². The van der Waals surface area contributed by atoms with Gasteiger partial charge in [-0.15, -0.1) is 0 Å². The number of nitrogens with zero attached hydrogens (tertiary/aromatic N) is 4. The van der Waals surface area contributed by atoms with E-state index in [-0.39, 0.29) is 23.6 Å². The van der Waals surface area contributed by atoms with Gasteiger partial charge in [-0.1, -0.05) is 5.16 Å². The molecule has 2 aromatic heterocycles. The zero-order chi connectivity index (χ0) is 16.6. The second-order valence-corrected chi connectivity index (χ2v) is 6.55. The summed E-state index contributed by atoms with van der Waals surface area (Å²) >= 11 is 5.96. The summed E-state index contributed by atoms with van der Waals surface area (Å²) in [7, 11) is 0. The van der Waals surface area contributed by atoms with Crippen molar-refractivity contribution in [1.82, 2.24) is 19.8 Å². The van der Waals surface area contributed by atoms with Gasteiger partial charge < -0.3 is 9.42 Å². The minimum absolute atomic E-state index is 0.0597. The van der Waals surface area contributed by atoms with Gasteiger partial charge >= 0.3 is 0 Å². The highest BCUT2D eigenvalue weighted by atomic mass is 35.5. The largest absolute Gasteiger partial charge is 0.344 e. The lowest BCUT2D eigenvalue weighted by Crippen LogP contribution is -2.42. The number of hydrogen-bond acceptors (Lipinski definition) is 4. The van der Waals surface area contributed by atoms with Gasteiger partial charge in [-0.05, 0) is 51.3 Å². The Labute approximate surface area is 140 Å². The van der Waals surface area contributed by atoms with E-state index in [9.17, 15) is 4.79 Å². The normalized spacial score (nSPS) is 18.4. The Bertz CT molecular complexity index is 702. The third-order valence-electron chi connectivity index (χ3n) is 4.40. The number of halogens is 1. The molecule has 1 saturated heterocycles. The van der Waals surface area contributed by atoms with Crippen LogP contribution in [0.2, 0.25) is 5.22 Å². The molecule has 1 atom stereocenters. The second-order valence-electron chi connectivity index (χ2n) is 6.20. The zero-order valence-corrected chi connectivity index (χ0v) is 14.4. The van der Waals surface area contributed by atoms with Crippen molar-refractivity contribution in [2.45, 2.75) is 46.1 Å². The Balaban J connectivity index is 1.71. The number of carbonyl (C=O) groups excluding carboxylic acids is 1. The number of amides is 1. The van der Waals surface area contributed by atoms with E-state index in [1.54, 1.807) is 6.92 Å². The number of hydrogen-bond donors (Lipinski definition) is 0. The summed E-state index contributed by atoms with van der Waals surface area (Å²) in [6, 6.07) is 2.31. The van der Waals surface area contributed by atoms with E-state index in [0.717, 1.165) is 30.8 Å². The molecule has 0 spiro atoms. The van der Waals surface area contributed by atoms with Crippen LogP contribution >= 0.6 is 11.6 Å². The predicted octanol–water partition coefficient (Wildman–Crippen LogP) is 2.86. The van der Waals surface area contributed by atoms with Gasteiger partial charge in [0.25, 0.3) is 0 Å². The minimum Gasteiger partial charge on any atom is -0.344 e. The van der Waals surface area contributed by atoms with Crippen molar-refractivity contribution in [3.05, 3.63) is 33.9 Å². The van der Waals surface area contributed by atoms with Gasteiger partial charge in [0.05, 0.1) is 23.9 Å². The van der Waals surface area contributed by atoms with Crippen LogP contribution in [0.4, 0.5) is 0 Å². The summed E-state index contributed by atoms with van der Waals surface area (Å²) in [6.07, 6.45) is 2.25. The molecule has 0 N–H and O–H groups in total. The average Bonchev–Trinajstić information content (AvgIpc) is 3.03. The maximum atomic E-state index is 12.6. The molecule has 1 fully saturated rings. The number of piperidine rings is 1. The Morgan fingerprint density at radius 2 is 2.22 bits per heavy atom. The standard InChI is InChI=1S/C16H21ClN4O2/c1-10-7-11(2)21(18-10)13-5-4-6-20(9-13)15(22)8-14-12(3)19-23-16(14)17/h7,13H,4-6,8-9H2,1-3H3/t13-/m1/s1. The lowest BCUT2D eigenvalue weighted by atomic mass is 10.0. The molecule has 3 rings (SSSR count). The molecule has 0 aromatic carbocycles. The first-order valence-electron chi connectivity index (χ1n) is 7.87. The smallest absolute Gasteiger partial charge is 0.229 e. The van der Waals surface area contributed by atoms with Crippen molar-refractivity contribution < 1.29 is 9.32 Å². The van der Waals surface area contributed by atoms with Crippen LogP contribution in [0.5, 0.6) is 0 Å². The van der Waals surface area contributed by atoms with Crippen molar-refractivity contribution in [3.63, 3.8) is 0 Å². The van der Waals surface area contributed by atoms with Crippen LogP contribution in [0, 0.1) is 20.8 Å². The molecule has 1 amide bonds. The van der Waals surface area contributed by atoms with E-state index in [2.05, 4.69) is 23.2 Å². The Kier molecular flexibility index (Phi) is 4.43. The minimum atomic E-state index is 0.0597. The molecule has 1 aliphatic heterocycles. The van der Waals surface area contributed by atoms with Gasteiger partial charge in [-0.25, -0.2) is 0 Å². The summed E-state index contributed by atoms with van der Waals surface area (Å²) in [5.41, 5.74) is 3.51. The molecule has 0 unspecified atom stereocenters. The van der Waals surface area contributed by atoms with Crippen LogP contribution < -0.4 is 0 Å². The summed E-state index contributed by atoms with van der Waals surface area (Å²) in [5.74, 6) is 0.0597. The first-order valence-corrected chi connectivity index (χ1v) is 8.24. The van der Waals surface area contributed by atoms with Crippen molar-refractivity contribution >= 4 is 17.5 Å². The van der Waals surface area contributed by atoms with Gasteiger partial charge in [-0.3, -0.25) is 9.48 Å². The lowest BCUT2D eigenvalue weighted by Gasteiger charge is -2.33. The summed E-state index contributed by atoms with van der Waals surface area (Å²) < 4.78 is 6.97. The van der Waals surface area contributed by atoms with Crippen LogP contribution in [0.3, 0.4) is 0 Å². The number of aromatic nitrogens is 3. The maximum absolute atomic E-state index is 12.6. The van der Waals surface area contributed by atoms with E-state index < -0.39 is 0 Å². The molecule has 6 nitrogen and oxygen atoms in total. The molecule has 7 heteroatoms. The van der Waals surface area contributed by atoms with Crippen LogP contribution in [-0.2, 0) is 11.2 Å². The van der Waals surface area contributed by atoms with Gasteiger partial charge in [0, 0.05) is 24.3 Å². The maximum Gasteiger partial charge on any atom is 0.229 e. The zero-order valence-electron chi connectivity index (χ0n) is 13.7. The Morgan fingerprint density at radius 3 is 2.83 bits per heavy atom.